The number of rotatable bonds is 4. The van der Waals surface area contributed by atoms with Crippen LogP contribution in [0.15, 0.2) is 129 Å². The lowest BCUT2D eigenvalue weighted by atomic mass is 10.0. The van der Waals surface area contributed by atoms with E-state index in [4.69, 9.17) is 23.2 Å². The molecule has 9 rings (SSSR count). The predicted octanol–water partition coefficient (Wildman–Crippen LogP) is 6.20. The van der Waals surface area contributed by atoms with Crippen LogP contribution in [0.3, 0.4) is 0 Å². The Morgan fingerprint density at radius 2 is 0.904 bits per heavy atom. The molecule has 3 aromatic carbocycles. The molecule has 9 aromatic rings. The smallest absolute Gasteiger partial charge is 0.267 e. The molecule has 6 heterocycles. The summed E-state index contributed by atoms with van der Waals surface area (Å²) >= 11 is 12.3. The van der Waals surface area contributed by atoms with Gasteiger partial charge < -0.3 is 0 Å². The fourth-order valence-electron chi connectivity index (χ4n) is 6.31. The topological polar surface area (TPSA) is 161 Å². The Kier molecular flexibility index (Phi) is 7.17. The minimum Gasteiger partial charge on any atom is -0.267 e. The van der Waals surface area contributed by atoms with Crippen molar-refractivity contribution in [2.24, 2.45) is 0 Å². The monoisotopic (exact) mass is 722 g/mol. The van der Waals surface area contributed by atoms with Gasteiger partial charge in [0, 0.05) is 44.3 Å². The van der Waals surface area contributed by atoms with Crippen molar-refractivity contribution in [3.05, 3.63) is 161 Å². The third kappa shape index (κ3) is 5.08. The second-order valence-electron chi connectivity index (χ2n) is 11.9. The molecule has 0 atom stereocenters. The first-order valence-corrected chi connectivity index (χ1v) is 16.5. The fraction of sp³-hybridized carbons (Fsp3) is 0. The van der Waals surface area contributed by atoms with Crippen molar-refractivity contribution in [3.8, 4) is 33.9 Å². The van der Waals surface area contributed by atoms with Gasteiger partial charge >= 0.3 is 0 Å². The molecule has 0 aliphatic rings. The predicted molar refractivity (Wildman–Crippen MR) is 201 cm³/mol. The van der Waals surface area contributed by atoms with E-state index in [-0.39, 0.29) is 33.2 Å². The maximum Gasteiger partial charge on any atom is 0.279 e. The second-order valence-corrected chi connectivity index (χ2v) is 12.8. The third-order valence-electron chi connectivity index (χ3n) is 8.81. The van der Waals surface area contributed by atoms with Crippen LogP contribution in [0.2, 0.25) is 10.0 Å². The summed E-state index contributed by atoms with van der Waals surface area (Å²) in [6.45, 7) is 0. The van der Waals surface area contributed by atoms with Crippen LogP contribution in [0.25, 0.3) is 77.5 Å². The number of hydrogen-bond donors (Lipinski definition) is 2. The van der Waals surface area contributed by atoms with Crippen molar-refractivity contribution in [2.75, 3.05) is 0 Å². The van der Waals surface area contributed by atoms with Crippen molar-refractivity contribution in [2.45, 2.75) is 0 Å². The Morgan fingerprint density at radius 3 is 1.33 bits per heavy atom. The van der Waals surface area contributed by atoms with Gasteiger partial charge in [-0.1, -0.05) is 47.5 Å². The lowest BCUT2D eigenvalue weighted by Gasteiger charge is -2.14. The van der Waals surface area contributed by atoms with Crippen LogP contribution < -0.4 is 22.2 Å². The summed E-state index contributed by atoms with van der Waals surface area (Å²) in [6.07, 6.45) is 3.14. The van der Waals surface area contributed by atoms with Crippen molar-refractivity contribution >= 4 is 66.8 Å². The first-order chi connectivity index (χ1) is 25.2. The Morgan fingerprint density at radius 1 is 0.500 bits per heavy atom. The molecule has 14 heteroatoms. The summed E-state index contributed by atoms with van der Waals surface area (Å²) < 4.78 is 2.05. The first kappa shape index (κ1) is 31.2. The largest absolute Gasteiger partial charge is 0.279 e. The number of hydrogen-bond acceptors (Lipinski definition) is 8. The summed E-state index contributed by atoms with van der Waals surface area (Å²) in [6, 6.07) is 27.2. The molecule has 0 fully saturated rings. The van der Waals surface area contributed by atoms with Crippen LogP contribution in [0.4, 0.5) is 0 Å². The van der Waals surface area contributed by atoms with E-state index in [0.717, 1.165) is 9.36 Å². The van der Waals surface area contributed by atoms with Crippen LogP contribution in [0.1, 0.15) is 0 Å². The summed E-state index contributed by atoms with van der Waals surface area (Å²) in [5, 5.41) is 7.27. The molecule has 0 radical (unpaired) electrons. The average Bonchev–Trinajstić information content (AvgIpc) is 3.17. The highest BCUT2D eigenvalue weighted by Crippen LogP contribution is 2.31. The van der Waals surface area contributed by atoms with Gasteiger partial charge in [0.05, 0.1) is 21.5 Å². The van der Waals surface area contributed by atoms with Crippen LogP contribution >= 0.6 is 23.2 Å². The number of halogens is 2. The average molecular weight is 724 g/mol. The van der Waals surface area contributed by atoms with Crippen LogP contribution in [-0.2, 0) is 0 Å². The molecule has 0 unspecified atom stereocenters. The molecular weight excluding hydrogens is 703 g/mol. The molecule has 0 aliphatic carbocycles. The Labute approximate surface area is 300 Å². The van der Waals surface area contributed by atoms with Gasteiger partial charge in [-0.3, -0.25) is 29.4 Å². The Hall–Kier alpha value is -6.76. The van der Waals surface area contributed by atoms with Crippen LogP contribution in [0, 0.1) is 0 Å². The summed E-state index contributed by atoms with van der Waals surface area (Å²) in [5.74, 6) is 0.197. The van der Waals surface area contributed by atoms with E-state index in [9.17, 15) is 19.2 Å². The molecule has 0 amide bonds. The maximum absolute atomic E-state index is 14.3. The zero-order chi connectivity index (χ0) is 35.7. The number of pyridine rings is 4. The highest BCUT2D eigenvalue weighted by atomic mass is 35.5. The van der Waals surface area contributed by atoms with Gasteiger partial charge in [0.1, 0.15) is 0 Å². The summed E-state index contributed by atoms with van der Waals surface area (Å²) in [7, 11) is 0. The Balaban J connectivity index is 1.32. The number of H-pyrrole nitrogens is 2. The number of nitrogens with zero attached hydrogens (tertiary/aromatic N) is 6. The molecule has 0 aliphatic heterocycles. The van der Waals surface area contributed by atoms with Crippen molar-refractivity contribution < 1.29 is 0 Å². The number of aromatic amines is 2. The summed E-state index contributed by atoms with van der Waals surface area (Å²) in [4.78, 5) is 74.1. The molecule has 6 aromatic heterocycles. The van der Waals surface area contributed by atoms with Crippen molar-refractivity contribution in [1.82, 2.24) is 39.5 Å². The molecule has 12 nitrogen and oxygen atoms in total. The van der Waals surface area contributed by atoms with Gasteiger partial charge in [-0.25, -0.2) is 19.9 Å². The second kappa shape index (κ2) is 11.9. The minimum absolute atomic E-state index is 0.0850. The molecule has 0 bridgehead atoms. The molecule has 2 N–H and O–H groups in total. The molecule has 0 spiro atoms. The SMILES string of the molecule is O=c1[nH]n(-c2nc3ncccc3cc2-c2ccc(Cl)cc2)c(=O)c2cc3c(=O)n(-c4nc5ncccc5cc4-c4ccc(Cl)cc4)[nH]c(=O)c3cc12. The van der Waals surface area contributed by atoms with E-state index < -0.39 is 22.2 Å². The molecule has 250 valence electrons. The zero-order valence-corrected chi connectivity index (χ0v) is 28.0. The van der Waals surface area contributed by atoms with Gasteiger partial charge in [-0.2, -0.15) is 9.36 Å². The van der Waals surface area contributed by atoms with E-state index in [1.165, 1.54) is 12.1 Å². The molecule has 0 saturated carbocycles. The molecule has 0 saturated heterocycles. The minimum atomic E-state index is -0.685. The number of benzene rings is 3. The highest BCUT2D eigenvalue weighted by molar-refractivity contribution is 6.31. The zero-order valence-electron chi connectivity index (χ0n) is 26.5. The van der Waals surface area contributed by atoms with E-state index in [0.29, 0.717) is 54.4 Å². The highest BCUT2D eigenvalue weighted by Gasteiger charge is 2.21. The quantitative estimate of drug-likeness (QED) is 0.203. The number of nitrogens with one attached hydrogen (secondary N) is 2. The number of aromatic nitrogens is 8. The van der Waals surface area contributed by atoms with E-state index in [1.54, 1.807) is 73.1 Å². The molecule has 52 heavy (non-hydrogen) atoms. The van der Waals surface area contributed by atoms with E-state index >= 15 is 0 Å². The van der Waals surface area contributed by atoms with Crippen LogP contribution in [-0.4, -0.2) is 39.5 Å². The first-order valence-electron chi connectivity index (χ1n) is 15.8. The van der Waals surface area contributed by atoms with Gasteiger partial charge in [-0.05, 0) is 83.9 Å². The third-order valence-corrected chi connectivity index (χ3v) is 9.32. The van der Waals surface area contributed by atoms with E-state index in [1.807, 2.05) is 24.3 Å². The van der Waals surface area contributed by atoms with Gasteiger partial charge in [0.2, 0.25) is 0 Å². The van der Waals surface area contributed by atoms with Crippen molar-refractivity contribution in [1.29, 1.82) is 0 Å². The van der Waals surface area contributed by atoms with Crippen molar-refractivity contribution in [3.63, 3.8) is 0 Å². The Bertz CT molecular complexity index is 2980. The van der Waals surface area contributed by atoms with Crippen LogP contribution in [0.5, 0.6) is 0 Å². The van der Waals surface area contributed by atoms with E-state index in [2.05, 4.69) is 30.1 Å². The normalized spacial score (nSPS) is 11.6. The lowest BCUT2D eigenvalue weighted by molar-refractivity contribution is 0.778. The standard InChI is InChI=1S/C38H20Cl2N8O4/c39-23-9-5-19(6-10-23)25-15-21-3-1-13-41-31(21)43-33(25)47-37(51)29-18-30-28(17-27(29)35(49)45-47)36(50)46-48(38(30)52)34-26(20-7-11-24(40)12-8-20)16-22-4-2-14-42-32(22)44-34/h1-18H,(H,45,49)(H,46,50). The van der Waals surface area contributed by atoms with Gasteiger partial charge in [0.15, 0.2) is 22.9 Å². The number of fused-ring (bicyclic) bond motifs is 4. The fourth-order valence-corrected chi connectivity index (χ4v) is 6.56. The summed E-state index contributed by atoms with van der Waals surface area (Å²) in [5.41, 5.74) is 0.314. The lowest BCUT2D eigenvalue weighted by Crippen LogP contribution is -2.32. The van der Waals surface area contributed by atoms with Gasteiger partial charge in [0.25, 0.3) is 22.2 Å². The molecular formula is C38H20Cl2N8O4. The maximum atomic E-state index is 14.3. The van der Waals surface area contributed by atoms with Gasteiger partial charge in [-0.15, -0.1) is 0 Å².